The molecule has 1 amide bonds. The number of carbonyl (C=O) groups excluding carboxylic acids is 1. The van der Waals surface area contributed by atoms with Gasteiger partial charge in [-0.1, -0.05) is 6.92 Å². The zero-order chi connectivity index (χ0) is 14.1. The highest BCUT2D eigenvalue weighted by Crippen LogP contribution is 2.30. The molecule has 3 rings (SSSR count). The van der Waals surface area contributed by atoms with Gasteiger partial charge in [0.05, 0.1) is 0 Å². The van der Waals surface area contributed by atoms with Crippen LogP contribution in [0.2, 0.25) is 0 Å². The van der Waals surface area contributed by atoms with Crippen molar-refractivity contribution >= 4 is 5.91 Å². The number of carbonyl (C=O) groups is 1. The molecule has 1 aromatic heterocycles. The first kappa shape index (κ1) is 13.6. The van der Waals surface area contributed by atoms with E-state index in [1.807, 2.05) is 13.0 Å². The fourth-order valence-corrected chi connectivity index (χ4v) is 3.65. The van der Waals surface area contributed by atoms with E-state index >= 15 is 0 Å². The Balaban J connectivity index is 1.76. The second kappa shape index (κ2) is 5.56. The molecule has 0 spiro atoms. The van der Waals surface area contributed by atoms with Gasteiger partial charge in [-0.2, -0.15) is 5.10 Å². The first-order chi connectivity index (χ1) is 9.67. The summed E-state index contributed by atoms with van der Waals surface area (Å²) < 4.78 is 0. The summed E-state index contributed by atoms with van der Waals surface area (Å²) in [6.45, 7) is 4.89. The van der Waals surface area contributed by atoms with E-state index in [0.29, 0.717) is 23.8 Å². The maximum absolute atomic E-state index is 12.7. The monoisotopic (exact) mass is 276 g/mol. The maximum atomic E-state index is 12.7. The summed E-state index contributed by atoms with van der Waals surface area (Å²) in [7, 11) is 0. The lowest BCUT2D eigenvalue weighted by Gasteiger charge is -2.37. The number of rotatable bonds is 4. The van der Waals surface area contributed by atoms with Crippen LogP contribution in [0.5, 0.6) is 0 Å². The summed E-state index contributed by atoms with van der Waals surface area (Å²) in [5.41, 5.74) is 1.50. The van der Waals surface area contributed by atoms with Gasteiger partial charge in [0.2, 0.25) is 0 Å². The smallest absolute Gasteiger partial charge is 0.274 e. The maximum Gasteiger partial charge on any atom is 0.274 e. The van der Waals surface area contributed by atoms with E-state index in [2.05, 4.69) is 27.3 Å². The second-order valence-corrected chi connectivity index (χ2v) is 6.20. The normalized spacial score (nSPS) is 28.6. The van der Waals surface area contributed by atoms with Gasteiger partial charge >= 0.3 is 0 Å². The van der Waals surface area contributed by atoms with Crippen LogP contribution in [-0.4, -0.2) is 45.7 Å². The second-order valence-electron chi connectivity index (χ2n) is 6.20. The van der Waals surface area contributed by atoms with Crippen LogP contribution in [0.25, 0.3) is 0 Å². The van der Waals surface area contributed by atoms with Gasteiger partial charge in [0, 0.05) is 30.4 Å². The van der Waals surface area contributed by atoms with Crippen molar-refractivity contribution in [2.75, 3.05) is 6.54 Å². The standard InChI is InChI=1S/C15H24N4O/c1-3-6-19(15(20)14-7-10(2)17-18-14)13-8-11-4-5-12(9-13)16-11/h7,11-13,16H,3-6,8-9H2,1-2H3,(H,17,18). The minimum atomic E-state index is 0.0856. The minimum absolute atomic E-state index is 0.0856. The van der Waals surface area contributed by atoms with Gasteiger partial charge in [-0.25, -0.2) is 0 Å². The number of hydrogen-bond acceptors (Lipinski definition) is 3. The van der Waals surface area contributed by atoms with Crippen molar-refractivity contribution in [3.8, 4) is 0 Å². The van der Waals surface area contributed by atoms with Gasteiger partial charge in [-0.3, -0.25) is 9.89 Å². The third-order valence-corrected chi connectivity index (χ3v) is 4.54. The zero-order valence-corrected chi connectivity index (χ0v) is 12.4. The molecule has 2 aliphatic rings. The molecule has 2 unspecified atom stereocenters. The topological polar surface area (TPSA) is 61.0 Å². The van der Waals surface area contributed by atoms with Crippen LogP contribution in [0.1, 0.15) is 55.2 Å². The van der Waals surface area contributed by atoms with E-state index in [0.717, 1.165) is 31.5 Å². The van der Waals surface area contributed by atoms with E-state index in [-0.39, 0.29) is 5.91 Å². The molecule has 5 heteroatoms. The first-order valence-electron chi connectivity index (χ1n) is 7.76. The molecular weight excluding hydrogens is 252 g/mol. The highest BCUT2D eigenvalue weighted by Gasteiger charge is 2.37. The predicted molar refractivity (Wildman–Crippen MR) is 77.6 cm³/mol. The minimum Gasteiger partial charge on any atom is -0.334 e. The van der Waals surface area contributed by atoms with Crippen LogP contribution in [0.15, 0.2) is 6.07 Å². The van der Waals surface area contributed by atoms with E-state index in [4.69, 9.17) is 0 Å². The molecular formula is C15H24N4O. The Morgan fingerprint density at radius 3 is 2.65 bits per heavy atom. The Labute approximate surface area is 120 Å². The zero-order valence-electron chi connectivity index (χ0n) is 12.4. The highest BCUT2D eigenvalue weighted by atomic mass is 16.2. The lowest BCUT2D eigenvalue weighted by atomic mass is 9.97. The molecule has 5 nitrogen and oxygen atoms in total. The third kappa shape index (κ3) is 2.59. The van der Waals surface area contributed by atoms with Gasteiger partial charge in [0.15, 0.2) is 0 Å². The number of fused-ring (bicyclic) bond motifs is 2. The van der Waals surface area contributed by atoms with Gasteiger partial charge < -0.3 is 10.2 Å². The number of aryl methyl sites for hydroxylation is 1. The molecule has 3 heterocycles. The molecule has 2 fully saturated rings. The first-order valence-corrected chi connectivity index (χ1v) is 7.76. The highest BCUT2D eigenvalue weighted by molar-refractivity contribution is 5.92. The van der Waals surface area contributed by atoms with E-state index in [1.165, 1.54) is 12.8 Å². The predicted octanol–water partition coefficient (Wildman–Crippen LogP) is 1.85. The molecule has 20 heavy (non-hydrogen) atoms. The number of aromatic nitrogens is 2. The van der Waals surface area contributed by atoms with Gasteiger partial charge in [-0.15, -0.1) is 0 Å². The summed E-state index contributed by atoms with van der Waals surface area (Å²) in [6, 6.07) is 3.43. The van der Waals surface area contributed by atoms with Crippen molar-refractivity contribution in [2.45, 2.75) is 64.1 Å². The number of hydrogen-bond donors (Lipinski definition) is 2. The van der Waals surface area contributed by atoms with Crippen molar-refractivity contribution in [2.24, 2.45) is 0 Å². The number of H-pyrrole nitrogens is 1. The molecule has 2 saturated heterocycles. The number of nitrogens with zero attached hydrogens (tertiary/aromatic N) is 2. The molecule has 110 valence electrons. The summed E-state index contributed by atoms with van der Waals surface area (Å²) in [6.07, 6.45) is 5.69. The van der Waals surface area contributed by atoms with Crippen molar-refractivity contribution in [1.82, 2.24) is 20.4 Å². The van der Waals surface area contributed by atoms with Crippen LogP contribution in [-0.2, 0) is 0 Å². The summed E-state index contributed by atoms with van der Waals surface area (Å²) in [4.78, 5) is 14.8. The average Bonchev–Trinajstić information content (AvgIpc) is 3.01. The average molecular weight is 276 g/mol. The Morgan fingerprint density at radius 1 is 1.40 bits per heavy atom. The number of aromatic amines is 1. The van der Waals surface area contributed by atoms with E-state index in [1.54, 1.807) is 0 Å². The Morgan fingerprint density at radius 2 is 2.10 bits per heavy atom. The molecule has 0 radical (unpaired) electrons. The fraction of sp³-hybridized carbons (Fsp3) is 0.733. The number of nitrogens with one attached hydrogen (secondary N) is 2. The molecule has 0 saturated carbocycles. The lowest BCUT2D eigenvalue weighted by molar-refractivity contribution is 0.0610. The summed E-state index contributed by atoms with van der Waals surface area (Å²) in [5, 5.41) is 10.6. The molecule has 1 aromatic rings. The van der Waals surface area contributed by atoms with Gasteiger partial charge in [-0.05, 0) is 45.1 Å². The van der Waals surface area contributed by atoms with E-state index in [9.17, 15) is 4.79 Å². The van der Waals surface area contributed by atoms with Gasteiger partial charge in [0.25, 0.3) is 5.91 Å². The Bertz CT molecular complexity index is 472. The molecule has 2 aliphatic heterocycles. The quantitative estimate of drug-likeness (QED) is 0.882. The SMILES string of the molecule is CCCN(C(=O)c1cc(C)[nH]n1)C1CC2CCC(C1)N2. The summed E-state index contributed by atoms with van der Waals surface area (Å²) in [5.74, 6) is 0.0856. The van der Waals surface area contributed by atoms with Crippen LogP contribution in [0.3, 0.4) is 0 Å². The molecule has 2 bridgehead atoms. The fourth-order valence-electron chi connectivity index (χ4n) is 3.65. The third-order valence-electron chi connectivity index (χ3n) is 4.54. The molecule has 0 aliphatic carbocycles. The molecule has 0 aromatic carbocycles. The van der Waals surface area contributed by atoms with Crippen molar-refractivity contribution in [3.05, 3.63) is 17.5 Å². The number of piperidine rings is 1. The summed E-state index contributed by atoms with van der Waals surface area (Å²) >= 11 is 0. The van der Waals surface area contributed by atoms with Crippen LogP contribution in [0.4, 0.5) is 0 Å². The molecule has 2 atom stereocenters. The number of amides is 1. The van der Waals surface area contributed by atoms with Crippen molar-refractivity contribution < 1.29 is 4.79 Å². The Kier molecular flexibility index (Phi) is 3.78. The van der Waals surface area contributed by atoms with E-state index < -0.39 is 0 Å². The largest absolute Gasteiger partial charge is 0.334 e. The van der Waals surface area contributed by atoms with Crippen molar-refractivity contribution in [3.63, 3.8) is 0 Å². The van der Waals surface area contributed by atoms with Crippen LogP contribution < -0.4 is 5.32 Å². The Hall–Kier alpha value is -1.36. The lowest BCUT2D eigenvalue weighted by Crippen LogP contribution is -2.50. The van der Waals surface area contributed by atoms with Crippen molar-refractivity contribution in [1.29, 1.82) is 0 Å². The molecule has 2 N–H and O–H groups in total. The van der Waals surface area contributed by atoms with Crippen LogP contribution in [0, 0.1) is 6.92 Å². The van der Waals surface area contributed by atoms with Crippen LogP contribution >= 0.6 is 0 Å². The van der Waals surface area contributed by atoms with Gasteiger partial charge in [0.1, 0.15) is 5.69 Å².